The molecule has 1 unspecified atom stereocenters. The van der Waals surface area contributed by atoms with Gasteiger partial charge in [0, 0.05) is 38.6 Å². The molecule has 31 heavy (non-hydrogen) atoms. The van der Waals surface area contributed by atoms with Crippen molar-refractivity contribution in [2.24, 2.45) is 0 Å². The second kappa shape index (κ2) is 12.1. The Balaban J connectivity index is 0.00000171. The van der Waals surface area contributed by atoms with Gasteiger partial charge in [-0.3, -0.25) is 0 Å². The number of hydrogen-bond donors (Lipinski definition) is 2. The Kier molecular flexibility index (Phi) is 10.4. The van der Waals surface area contributed by atoms with Gasteiger partial charge in [-0.2, -0.15) is 0 Å². The Morgan fingerprint density at radius 2 is 1.61 bits per heavy atom. The molecule has 0 amide bonds. The molecule has 1 atom stereocenters. The lowest BCUT2D eigenvalue weighted by atomic mass is 9.71. The van der Waals surface area contributed by atoms with Gasteiger partial charge in [0.05, 0.1) is 15.6 Å². The fraction of sp³-hybridized carbons (Fsp3) is 0.500. The molecule has 1 heterocycles. The van der Waals surface area contributed by atoms with Crippen molar-refractivity contribution in [2.45, 2.75) is 43.6 Å². The average Bonchev–Trinajstić information content (AvgIpc) is 2.75. The van der Waals surface area contributed by atoms with Crippen molar-refractivity contribution in [1.82, 2.24) is 10.2 Å². The zero-order chi connectivity index (χ0) is 20.3. The maximum absolute atomic E-state index is 11.8. The zero-order valence-corrected chi connectivity index (χ0v) is 20.8. The Morgan fingerprint density at radius 3 is 2.29 bits per heavy atom. The van der Waals surface area contributed by atoms with Crippen LogP contribution >= 0.6 is 48.0 Å². The topological polar surface area (TPSA) is 35.5 Å². The lowest BCUT2D eigenvalue weighted by molar-refractivity contribution is -0.0315. The third kappa shape index (κ3) is 6.29. The molecule has 2 fully saturated rings. The lowest BCUT2D eigenvalue weighted by Gasteiger charge is -2.43. The molecule has 1 aliphatic carbocycles. The van der Waals surface area contributed by atoms with Crippen LogP contribution in [0.3, 0.4) is 0 Å². The van der Waals surface area contributed by atoms with Gasteiger partial charge in [-0.25, -0.2) is 0 Å². The monoisotopic (exact) mass is 504 g/mol. The van der Waals surface area contributed by atoms with Crippen molar-refractivity contribution < 1.29 is 5.11 Å². The van der Waals surface area contributed by atoms with Crippen LogP contribution in [0.1, 0.15) is 43.6 Å². The van der Waals surface area contributed by atoms with Crippen LogP contribution < -0.4 is 5.32 Å². The number of nitrogens with one attached hydrogen (secondary N) is 1. The number of hydrogen-bond acceptors (Lipinski definition) is 3. The normalized spacial score (nSPS) is 19.7. The van der Waals surface area contributed by atoms with Crippen LogP contribution in [-0.4, -0.2) is 48.3 Å². The number of nitrogens with zero attached hydrogens (tertiary/aromatic N) is 1. The summed E-state index contributed by atoms with van der Waals surface area (Å²) in [4.78, 5) is 2.50. The van der Waals surface area contributed by atoms with Gasteiger partial charge in [0.2, 0.25) is 0 Å². The first-order valence-electron chi connectivity index (χ1n) is 10.8. The third-order valence-corrected chi connectivity index (χ3v) is 7.32. The van der Waals surface area contributed by atoms with Crippen LogP contribution in [0.4, 0.5) is 0 Å². The second-order valence-corrected chi connectivity index (χ2v) is 9.30. The molecular formula is C24H32Cl4N2O. The molecule has 2 aliphatic rings. The van der Waals surface area contributed by atoms with E-state index in [1.165, 1.54) is 12.0 Å². The maximum atomic E-state index is 11.8. The Labute approximate surface area is 208 Å². The standard InChI is InChI=1S/C24H30Cl2N2O.2ClH/c25-22-9-8-18(16-23(22)26)19-6-2-3-7-20(19)21(17-28-14-12-27-13-15-28)24(29)10-4-1-5-11-24;;/h2-3,6-9,16,21,27,29H,1,4-5,10-15,17H2;2*1H. The van der Waals surface area contributed by atoms with Gasteiger partial charge in [0.1, 0.15) is 0 Å². The molecule has 172 valence electrons. The van der Waals surface area contributed by atoms with Gasteiger partial charge >= 0.3 is 0 Å². The van der Waals surface area contributed by atoms with Gasteiger partial charge in [0.25, 0.3) is 0 Å². The quantitative estimate of drug-likeness (QED) is 0.508. The van der Waals surface area contributed by atoms with E-state index in [2.05, 4.69) is 34.5 Å². The van der Waals surface area contributed by atoms with E-state index in [-0.39, 0.29) is 30.7 Å². The molecule has 2 aromatic rings. The molecule has 4 rings (SSSR count). The smallest absolute Gasteiger partial charge is 0.0728 e. The summed E-state index contributed by atoms with van der Waals surface area (Å²) in [5.41, 5.74) is 2.76. The molecule has 1 aliphatic heterocycles. The number of benzene rings is 2. The number of halogens is 4. The highest BCUT2D eigenvalue weighted by Gasteiger charge is 2.40. The molecule has 2 N–H and O–H groups in total. The van der Waals surface area contributed by atoms with Crippen molar-refractivity contribution in [3.8, 4) is 11.1 Å². The number of rotatable bonds is 5. The number of aliphatic hydroxyl groups is 1. The van der Waals surface area contributed by atoms with Crippen molar-refractivity contribution in [3.63, 3.8) is 0 Å². The average molecular weight is 506 g/mol. The van der Waals surface area contributed by atoms with Crippen LogP contribution in [0.15, 0.2) is 42.5 Å². The highest BCUT2D eigenvalue weighted by atomic mass is 35.5. The van der Waals surface area contributed by atoms with Crippen LogP contribution in [0, 0.1) is 0 Å². The van der Waals surface area contributed by atoms with Gasteiger partial charge in [-0.15, -0.1) is 24.8 Å². The largest absolute Gasteiger partial charge is 0.389 e. The highest BCUT2D eigenvalue weighted by Crippen LogP contribution is 2.44. The van der Waals surface area contributed by atoms with Crippen LogP contribution in [0.2, 0.25) is 10.0 Å². The first-order chi connectivity index (χ1) is 14.1. The number of piperazine rings is 1. The molecule has 2 aromatic carbocycles. The Bertz CT molecular complexity index is 836. The molecule has 7 heteroatoms. The van der Waals surface area contributed by atoms with E-state index >= 15 is 0 Å². The van der Waals surface area contributed by atoms with Crippen LogP contribution in [0.5, 0.6) is 0 Å². The second-order valence-electron chi connectivity index (χ2n) is 8.48. The van der Waals surface area contributed by atoms with E-state index in [4.69, 9.17) is 23.2 Å². The summed E-state index contributed by atoms with van der Waals surface area (Å²) in [6.45, 7) is 4.97. The SMILES string of the molecule is Cl.Cl.OC1(C(CN2CCNCC2)c2ccccc2-c2ccc(Cl)c(Cl)c2)CCCCC1. The highest BCUT2D eigenvalue weighted by molar-refractivity contribution is 6.42. The molecule has 1 saturated heterocycles. The van der Waals surface area contributed by atoms with E-state index < -0.39 is 5.60 Å². The lowest BCUT2D eigenvalue weighted by Crippen LogP contribution is -2.49. The minimum Gasteiger partial charge on any atom is -0.389 e. The molecule has 0 bridgehead atoms. The summed E-state index contributed by atoms with van der Waals surface area (Å²) in [7, 11) is 0. The van der Waals surface area contributed by atoms with E-state index in [1.807, 2.05) is 18.2 Å². The fourth-order valence-electron chi connectivity index (χ4n) is 4.95. The van der Waals surface area contributed by atoms with E-state index in [0.717, 1.165) is 69.5 Å². The molecule has 0 spiro atoms. The van der Waals surface area contributed by atoms with Gasteiger partial charge in [-0.1, -0.05) is 72.8 Å². The van der Waals surface area contributed by atoms with E-state index in [0.29, 0.717) is 10.0 Å². The molecular weight excluding hydrogens is 474 g/mol. The van der Waals surface area contributed by atoms with Crippen LogP contribution in [-0.2, 0) is 0 Å². The van der Waals surface area contributed by atoms with E-state index in [9.17, 15) is 5.11 Å². The molecule has 0 radical (unpaired) electrons. The van der Waals surface area contributed by atoms with Gasteiger partial charge < -0.3 is 15.3 Å². The summed E-state index contributed by atoms with van der Waals surface area (Å²) >= 11 is 12.5. The summed E-state index contributed by atoms with van der Waals surface area (Å²) in [6.07, 6.45) is 5.17. The molecule has 1 saturated carbocycles. The first-order valence-corrected chi connectivity index (χ1v) is 11.5. The van der Waals surface area contributed by atoms with Gasteiger partial charge in [-0.05, 0) is 41.7 Å². The van der Waals surface area contributed by atoms with E-state index in [1.54, 1.807) is 0 Å². The zero-order valence-electron chi connectivity index (χ0n) is 17.7. The molecule has 0 aromatic heterocycles. The van der Waals surface area contributed by atoms with Crippen molar-refractivity contribution in [3.05, 3.63) is 58.1 Å². The van der Waals surface area contributed by atoms with Crippen molar-refractivity contribution in [2.75, 3.05) is 32.7 Å². The first kappa shape index (κ1) is 26.7. The summed E-state index contributed by atoms with van der Waals surface area (Å²) in [5.74, 6) is 0.0755. The predicted octanol–water partition coefficient (Wildman–Crippen LogP) is 6.19. The maximum Gasteiger partial charge on any atom is 0.0728 e. The summed E-state index contributed by atoms with van der Waals surface area (Å²) < 4.78 is 0. The Morgan fingerprint density at radius 1 is 0.935 bits per heavy atom. The van der Waals surface area contributed by atoms with Crippen LogP contribution in [0.25, 0.3) is 11.1 Å². The third-order valence-electron chi connectivity index (χ3n) is 6.59. The van der Waals surface area contributed by atoms with Gasteiger partial charge in [0.15, 0.2) is 0 Å². The summed E-state index contributed by atoms with van der Waals surface area (Å²) in [6, 6.07) is 14.3. The minimum absolute atomic E-state index is 0. The van der Waals surface area contributed by atoms with Crippen molar-refractivity contribution in [1.29, 1.82) is 0 Å². The fourth-order valence-corrected chi connectivity index (χ4v) is 5.25. The minimum atomic E-state index is -0.657. The summed E-state index contributed by atoms with van der Waals surface area (Å²) in [5, 5.41) is 16.4. The molecule has 3 nitrogen and oxygen atoms in total. The predicted molar refractivity (Wildman–Crippen MR) is 136 cm³/mol. The van der Waals surface area contributed by atoms with Crippen molar-refractivity contribution >= 4 is 48.0 Å². The Hall–Kier alpha value is -0.520.